The Hall–Kier alpha value is -1.51. The summed E-state index contributed by atoms with van der Waals surface area (Å²) < 4.78 is 6.06. The fraction of sp³-hybridized carbons (Fsp3) is 0.333. The lowest BCUT2D eigenvalue weighted by Gasteiger charge is -2.14. The van der Waals surface area contributed by atoms with E-state index in [9.17, 15) is 0 Å². The van der Waals surface area contributed by atoms with E-state index >= 15 is 0 Å². The standard InChI is InChI=1S/C18H20ClNO/c1-2-13-5-3-7-16(11-13)21-18-14(6-4-8-17(18)19)12-20-15-9-10-15/h3-8,11,15,20H,2,9-10,12H2,1H3. The van der Waals surface area contributed by atoms with E-state index in [0.717, 1.165) is 30.0 Å². The smallest absolute Gasteiger partial charge is 0.150 e. The Morgan fingerprint density at radius 2 is 2.00 bits per heavy atom. The number of ether oxygens (including phenoxy) is 1. The minimum absolute atomic E-state index is 0.659. The van der Waals surface area contributed by atoms with Crippen LogP contribution >= 0.6 is 11.6 Å². The zero-order chi connectivity index (χ0) is 14.7. The molecule has 0 heterocycles. The molecule has 1 fully saturated rings. The molecule has 1 aliphatic carbocycles. The van der Waals surface area contributed by atoms with Gasteiger partial charge in [0.2, 0.25) is 0 Å². The molecule has 0 saturated heterocycles. The topological polar surface area (TPSA) is 21.3 Å². The summed E-state index contributed by atoms with van der Waals surface area (Å²) in [5.74, 6) is 1.61. The molecule has 0 bridgehead atoms. The number of rotatable bonds is 6. The summed E-state index contributed by atoms with van der Waals surface area (Å²) in [7, 11) is 0. The van der Waals surface area contributed by atoms with E-state index in [4.69, 9.17) is 16.3 Å². The minimum atomic E-state index is 0.659. The quantitative estimate of drug-likeness (QED) is 0.815. The molecular weight excluding hydrogens is 282 g/mol. The van der Waals surface area contributed by atoms with Crippen LogP contribution in [0, 0.1) is 0 Å². The minimum Gasteiger partial charge on any atom is -0.455 e. The molecule has 0 aliphatic heterocycles. The second-order valence-electron chi connectivity index (χ2n) is 5.49. The van der Waals surface area contributed by atoms with Gasteiger partial charge in [0, 0.05) is 18.2 Å². The third-order valence-electron chi connectivity index (χ3n) is 3.73. The Labute approximate surface area is 131 Å². The summed E-state index contributed by atoms with van der Waals surface area (Å²) in [5.41, 5.74) is 2.37. The summed E-state index contributed by atoms with van der Waals surface area (Å²) in [4.78, 5) is 0. The number of halogens is 1. The van der Waals surface area contributed by atoms with E-state index in [1.54, 1.807) is 0 Å². The lowest BCUT2D eigenvalue weighted by molar-refractivity contribution is 0.472. The van der Waals surface area contributed by atoms with Crippen LogP contribution in [-0.2, 0) is 13.0 Å². The van der Waals surface area contributed by atoms with Crippen molar-refractivity contribution in [3.63, 3.8) is 0 Å². The molecular formula is C18H20ClNO. The van der Waals surface area contributed by atoms with Gasteiger partial charge >= 0.3 is 0 Å². The van der Waals surface area contributed by atoms with Gasteiger partial charge in [-0.3, -0.25) is 0 Å². The molecule has 110 valence electrons. The number of aryl methyl sites for hydroxylation is 1. The molecule has 1 N–H and O–H groups in total. The largest absolute Gasteiger partial charge is 0.455 e. The van der Waals surface area contributed by atoms with Crippen molar-refractivity contribution in [2.24, 2.45) is 0 Å². The molecule has 1 saturated carbocycles. The maximum Gasteiger partial charge on any atom is 0.150 e. The molecule has 3 heteroatoms. The van der Waals surface area contributed by atoms with E-state index < -0.39 is 0 Å². The van der Waals surface area contributed by atoms with Crippen molar-refractivity contribution in [3.8, 4) is 11.5 Å². The van der Waals surface area contributed by atoms with Crippen molar-refractivity contribution in [2.75, 3.05) is 0 Å². The van der Waals surface area contributed by atoms with Crippen LogP contribution in [0.1, 0.15) is 30.9 Å². The van der Waals surface area contributed by atoms with E-state index in [1.165, 1.54) is 18.4 Å². The van der Waals surface area contributed by atoms with Crippen molar-refractivity contribution in [1.29, 1.82) is 0 Å². The van der Waals surface area contributed by atoms with Crippen molar-refractivity contribution >= 4 is 11.6 Å². The van der Waals surface area contributed by atoms with Gasteiger partial charge in [0.25, 0.3) is 0 Å². The first-order valence-corrected chi connectivity index (χ1v) is 7.91. The van der Waals surface area contributed by atoms with E-state index in [1.807, 2.05) is 24.3 Å². The number of para-hydroxylation sites is 1. The highest BCUT2D eigenvalue weighted by atomic mass is 35.5. The van der Waals surface area contributed by atoms with Crippen molar-refractivity contribution in [3.05, 3.63) is 58.6 Å². The van der Waals surface area contributed by atoms with Crippen LogP contribution in [0.15, 0.2) is 42.5 Å². The van der Waals surface area contributed by atoms with Gasteiger partial charge in [-0.2, -0.15) is 0 Å². The van der Waals surface area contributed by atoms with Crippen molar-refractivity contribution < 1.29 is 4.74 Å². The van der Waals surface area contributed by atoms with Gasteiger partial charge in [-0.15, -0.1) is 0 Å². The Morgan fingerprint density at radius 3 is 2.76 bits per heavy atom. The molecule has 2 aromatic rings. The molecule has 0 aromatic heterocycles. The van der Waals surface area contributed by atoms with Crippen LogP contribution in [-0.4, -0.2) is 6.04 Å². The third-order valence-corrected chi connectivity index (χ3v) is 4.03. The van der Waals surface area contributed by atoms with Gasteiger partial charge < -0.3 is 10.1 Å². The zero-order valence-electron chi connectivity index (χ0n) is 12.2. The van der Waals surface area contributed by atoms with E-state index in [-0.39, 0.29) is 0 Å². The number of benzene rings is 2. The summed E-state index contributed by atoms with van der Waals surface area (Å²) in [6.45, 7) is 2.94. The summed E-state index contributed by atoms with van der Waals surface area (Å²) in [5, 5.41) is 4.17. The molecule has 21 heavy (non-hydrogen) atoms. The Bertz CT molecular complexity index is 622. The maximum atomic E-state index is 6.33. The molecule has 0 spiro atoms. The van der Waals surface area contributed by atoms with Gasteiger partial charge in [-0.1, -0.05) is 42.8 Å². The number of nitrogens with one attached hydrogen (secondary N) is 1. The fourth-order valence-electron chi connectivity index (χ4n) is 2.30. The highest BCUT2D eigenvalue weighted by molar-refractivity contribution is 6.32. The third kappa shape index (κ3) is 3.78. The van der Waals surface area contributed by atoms with Crippen LogP contribution in [0.4, 0.5) is 0 Å². The monoisotopic (exact) mass is 301 g/mol. The lowest BCUT2D eigenvalue weighted by atomic mass is 10.1. The fourth-order valence-corrected chi connectivity index (χ4v) is 2.53. The first kappa shape index (κ1) is 14.4. The van der Waals surface area contributed by atoms with Crippen LogP contribution in [0.2, 0.25) is 5.02 Å². The molecule has 0 atom stereocenters. The molecule has 3 rings (SSSR count). The first-order valence-electron chi connectivity index (χ1n) is 7.54. The highest BCUT2D eigenvalue weighted by Crippen LogP contribution is 2.34. The zero-order valence-corrected chi connectivity index (χ0v) is 13.0. The average Bonchev–Trinajstić information content (AvgIpc) is 3.32. The van der Waals surface area contributed by atoms with Gasteiger partial charge in [-0.25, -0.2) is 0 Å². The second kappa shape index (κ2) is 6.50. The SMILES string of the molecule is CCc1cccc(Oc2c(Cl)cccc2CNC2CC2)c1. The molecule has 0 unspecified atom stereocenters. The number of hydrogen-bond acceptors (Lipinski definition) is 2. The lowest BCUT2D eigenvalue weighted by Crippen LogP contribution is -2.15. The average molecular weight is 302 g/mol. The van der Waals surface area contributed by atoms with Crippen LogP contribution in [0.3, 0.4) is 0 Å². The highest BCUT2D eigenvalue weighted by Gasteiger charge is 2.21. The summed E-state index contributed by atoms with van der Waals surface area (Å²) >= 11 is 6.33. The van der Waals surface area contributed by atoms with Crippen LogP contribution in [0.5, 0.6) is 11.5 Å². The van der Waals surface area contributed by atoms with Crippen LogP contribution in [0.25, 0.3) is 0 Å². The number of hydrogen-bond donors (Lipinski definition) is 1. The summed E-state index contributed by atoms with van der Waals surface area (Å²) in [6, 6.07) is 14.8. The predicted octanol–water partition coefficient (Wildman–Crippen LogP) is 4.95. The Morgan fingerprint density at radius 1 is 1.19 bits per heavy atom. The molecule has 1 aliphatic rings. The van der Waals surface area contributed by atoms with Crippen LogP contribution < -0.4 is 10.1 Å². The van der Waals surface area contributed by atoms with Gasteiger partial charge in [0.1, 0.15) is 11.5 Å². The maximum absolute atomic E-state index is 6.33. The predicted molar refractivity (Wildman–Crippen MR) is 87.2 cm³/mol. The van der Waals surface area contributed by atoms with E-state index in [2.05, 4.69) is 30.4 Å². The Balaban J connectivity index is 1.81. The summed E-state index contributed by atoms with van der Waals surface area (Å²) in [6.07, 6.45) is 3.54. The first-order chi connectivity index (χ1) is 10.3. The van der Waals surface area contributed by atoms with Gasteiger partial charge in [-0.05, 0) is 43.0 Å². The molecule has 2 nitrogen and oxygen atoms in total. The Kier molecular flexibility index (Phi) is 4.47. The molecule has 2 aromatic carbocycles. The second-order valence-corrected chi connectivity index (χ2v) is 5.89. The normalized spacial score (nSPS) is 14.2. The van der Waals surface area contributed by atoms with Crippen molar-refractivity contribution in [2.45, 2.75) is 38.8 Å². The van der Waals surface area contributed by atoms with E-state index in [0.29, 0.717) is 11.1 Å². The van der Waals surface area contributed by atoms with Gasteiger partial charge in [0.05, 0.1) is 5.02 Å². The van der Waals surface area contributed by atoms with Gasteiger partial charge in [0.15, 0.2) is 0 Å². The van der Waals surface area contributed by atoms with Crippen molar-refractivity contribution in [1.82, 2.24) is 5.32 Å². The molecule has 0 radical (unpaired) electrons. The molecule has 0 amide bonds.